The average molecular weight is 298 g/mol. The van der Waals surface area contributed by atoms with Crippen molar-refractivity contribution in [2.24, 2.45) is 5.73 Å². The minimum absolute atomic E-state index is 0.0478. The Kier molecular flexibility index (Phi) is 8.78. The third-order valence-corrected chi connectivity index (χ3v) is 1.59. The molecule has 0 fully saturated rings. The molecule has 0 aromatic carbocycles. The summed E-state index contributed by atoms with van der Waals surface area (Å²) < 4.78 is 31.7. The molecule has 1 unspecified atom stereocenters. The van der Waals surface area contributed by atoms with Crippen molar-refractivity contribution >= 4 is 17.8 Å². The van der Waals surface area contributed by atoms with E-state index in [9.17, 15) is 22.8 Å². The summed E-state index contributed by atoms with van der Waals surface area (Å²) in [6.45, 7) is 1.46. The third-order valence-electron chi connectivity index (χ3n) is 1.59. The van der Waals surface area contributed by atoms with Crippen molar-refractivity contribution in [2.45, 2.75) is 31.6 Å². The second kappa shape index (κ2) is 8.76. The van der Waals surface area contributed by atoms with Gasteiger partial charge in [0.05, 0.1) is 6.04 Å². The first-order chi connectivity index (χ1) is 8.93. The summed E-state index contributed by atoms with van der Waals surface area (Å²) in [6, 6.07) is -1.79. The number of terminal acetylenes is 1. The molecule has 1 amide bonds. The Bertz CT molecular complexity index is 401. The Morgan fingerprint density at radius 1 is 1.35 bits per heavy atom. The van der Waals surface area contributed by atoms with Gasteiger partial charge in [0.1, 0.15) is 6.04 Å². The van der Waals surface area contributed by atoms with E-state index in [2.05, 4.69) is 11.2 Å². The number of halogens is 3. The SMILES string of the molecule is C#CCC(NC(=O)[C@H](C)N)C(=O)O.O=C(O)C(F)(F)F. The summed E-state index contributed by atoms with van der Waals surface area (Å²) >= 11 is 0. The fourth-order valence-electron chi connectivity index (χ4n) is 0.621. The Morgan fingerprint density at radius 3 is 1.95 bits per heavy atom. The van der Waals surface area contributed by atoms with Gasteiger partial charge >= 0.3 is 18.1 Å². The lowest BCUT2D eigenvalue weighted by Crippen LogP contribution is -2.47. The van der Waals surface area contributed by atoms with Gasteiger partial charge in [-0.05, 0) is 6.92 Å². The zero-order chi connectivity index (χ0) is 16.5. The molecule has 10 heteroatoms. The van der Waals surface area contributed by atoms with Crippen molar-refractivity contribution in [3.05, 3.63) is 0 Å². The Balaban J connectivity index is 0. The van der Waals surface area contributed by atoms with Crippen molar-refractivity contribution in [3.8, 4) is 12.3 Å². The lowest BCUT2D eigenvalue weighted by molar-refractivity contribution is -0.192. The number of carboxylic acids is 2. The number of alkyl halides is 3. The number of carbonyl (C=O) groups excluding carboxylic acids is 1. The van der Waals surface area contributed by atoms with Gasteiger partial charge in [-0.3, -0.25) is 4.79 Å². The summed E-state index contributed by atoms with van der Waals surface area (Å²) in [6.07, 6.45) is -0.208. The van der Waals surface area contributed by atoms with Crippen molar-refractivity contribution in [3.63, 3.8) is 0 Å². The first kappa shape index (κ1) is 20.0. The van der Waals surface area contributed by atoms with E-state index < -0.39 is 36.1 Å². The van der Waals surface area contributed by atoms with Crippen LogP contribution in [0.1, 0.15) is 13.3 Å². The molecule has 0 aromatic rings. The van der Waals surface area contributed by atoms with Crippen molar-refractivity contribution < 1.29 is 37.8 Å². The second-order valence-corrected chi connectivity index (χ2v) is 3.40. The molecule has 0 aliphatic heterocycles. The summed E-state index contributed by atoms with van der Waals surface area (Å²) in [7, 11) is 0. The van der Waals surface area contributed by atoms with Gasteiger partial charge in [0, 0.05) is 6.42 Å². The van der Waals surface area contributed by atoms with E-state index in [-0.39, 0.29) is 6.42 Å². The van der Waals surface area contributed by atoms with Crippen LogP contribution >= 0.6 is 0 Å². The van der Waals surface area contributed by atoms with E-state index in [4.69, 9.17) is 27.2 Å². The van der Waals surface area contributed by atoms with Gasteiger partial charge in [-0.1, -0.05) is 0 Å². The molecule has 0 aliphatic carbocycles. The molecule has 0 rings (SSSR count). The van der Waals surface area contributed by atoms with E-state index in [1.165, 1.54) is 6.92 Å². The summed E-state index contributed by atoms with van der Waals surface area (Å²) in [5.74, 6) is -2.29. The summed E-state index contributed by atoms with van der Waals surface area (Å²) in [4.78, 5) is 30.4. The van der Waals surface area contributed by atoms with Gasteiger partial charge in [-0.2, -0.15) is 13.2 Å². The highest BCUT2D eigenvalue weighted by molar-refractivity contribution is 5.86. The van der Waals surface area contributed by atoms with Crippen LogP contribution in [-0.4, -0.2) is 46.3 Å². The van der Waals surface area contributed by atoms with Crippen LogP contribution in [0, 0.1) is 12.3 Å². The first-order valence-corrected chi connectivity index (χ1v) is 4.95. The molecule has 0 aliphatic rings. The number of hydrogen-bond donors (Lipinski definition) is 4. The molecule has 114 valence electrons. The quantitative estimate of drug-likeness (QED) is 0.521. The maximum Gasteiger partial charge on any atom is 0.490 e. The Morgan fingerprint density at radius 2 is 1.75 bits per heavy atom. The predicted octanol–water partition coefficient (Wildman–Crippen LogP) is -0.440. The number of carboxylic acid groups (broad SMARTS) is 2. The molecule has 20 heavy (non-hydrogen) atoms. The average Bonchev–Trinajstić information content (AvgIpc) is 2.27. The first-order valence-electron chi connectivity index (χ1n) is 4.95. The van der Waals surface area contributed by atoms with Gasteiger partial charge < -0.3 is 21.3 Å². The highest BCUT2D eigenvalue weighted by atomic mass is 19.4. The van der Waals surface area contributed by atoms with Crippen LogP contribution in [0.15, 0.2) is 0 Å². The fraction of sp³-hybridized carbons (Fsp3) is 0.500. The molecule has 0 bridgehead atoms. The fourth-order valence-corrected chi connectivity index (χ4v) is 0.621. The van der Waals surface area contributed by atoms with E-state index in [1.807, 2.05) is 0 Å². The molecular weight excluding hydrogens is 285 g/mol. The molecule has 0 aromatic heterocycles. The Hall–Kier alpha value is -2.28. The van der Waals surface area contributed by atoms with Gasteiger partial charge in [0.15, 0.2) is 0 Å². The van der Waals surface area contributed by atoms with Crippen LogP contribution in [0.4, 0.5) is 13.2 Å². The minimum atomic E-state index is -5.08. The normalized spacial score (nSPS) is 13.0. The molecule has 2 atom stereocenters. The van der Waals surface area contributed by atoms with Crippen molar-refractivity contribution in [1.82, 2.24) is 5.32 Å². The highest BCUT2D eigenvalue weighted by Crippen LogP contribution is 2.13. The van der Waals surface area contributed by atoms with Gasteiger partial charge in [-0.25, -0.2) is 9.59 Å². The van der Waals surface area contributed by atoms with Crippen LogP contribution in [0.25, 0.3) is 0 Å². The molecule has 0 saturated heterocycles. The maximum absolute atomic E-state index is 11.0. The van der Waals surface area contributed by atoms with Crippen LogP contribution in [-0.2, 0) is 14.4 Å². The van der Waals surface area contributed by atoms with Crippen LogP contribution in [0.3, 0.4) is 0 Å². The number of nitrogens with one attached hydrogen (secondary N) is 1. The lowest BCUT2D eigenvalue weighted by Gasteiger charge is -2.13. The topological polar surface area (TPSA) is 130 Å². The van der Waals surface area contributed by atoms with Crippen LogP contribution < -0.4 is 11.1 Å². The largest absolute Gasteiger partial charge is 0.490 e. The molecule has 0 radical (unpaired) electrons. The minimum Gasteiger partial charge on any atom is -0.480 e. The summed E-state index contributed by atoms with van der Waals surface area (Å²) in [5.41, 5.74) is 5.22. The van der Waals surface area contributed by atoms with Crippen LogP contribution in [0.2, 0.25) is 0 Å². The van der Waals surface area contributed by atoms with Gasteiger partial charge in [0.25, 0.3) is 0 Å². The lowest BCUT2D eigenvalue weighted by atomic mass is 10.2. The van der Waals surface area contributed by atoms with E-state index in [0.717, 1.165) is 0 Å². The molecule has 0 saturated carbocycles. The maximum atomic E-state index is 11.0. The molecule has 0 spiro atoms. The standard InChI is InChI=1S/C8H12N2O3.C2HF3O2/c1-3-4-6(8(12)13)10-7(11)5(2)9;3-2(4,5)1(6)7/h1,5-6H,4,9H2,2H3,(H,10,11)(H,12,13);(H,6,7)/t5-,6?;/m0./s1. The molecule has 7 nitrogen and oxygen atoms in total. The number of carbonyl (C=O) groups is 3. The molecule has 0 heterocycles. The molecule has 5 N–H and O–H groups in total. The van der Waals surface area contributed by atoms with E-state index in [0.29, 0.717) is 0 Å². The van der Waals surface area contributed by atoms with E-state index in [1.54, 1.807) is 0 Å². The van der Waals surface area contributed by atoms with E-state index >= 15 is 0 Å². The van der Waals surface area contributed by atoms with Gasteiger partial charge in [-0.15, -0.1) is 12.3 Å². The number of nitrogens with two attached hydrogens (primary N) is 1. The second-order valence-electron chi connectivity index (χ2n) is 3.40. The number of aliphatic carboxylic acids is 2. The number of hydrogen-bond acceptors (Lipinski definition) is 4. The van der Waals surface area contributed by atoms with Crippen LogP contribution in [0.5, 0.6) is 0 Å². The predicted molar refractivity (Wildman–Crippen MR) is 60.4 cm³/mol. The number of amides is 1. The number of rotatable bonds is 4. The monoisotopic (exact) mass is 298 g/mol. The smallest absolute Gasteiger partial charge is 0.480 e. The van der Waals surface area contributed by atoms with Gasteiger partial charge in [0.2, 0.25) is 5.91 Å². The van der Waals surface area contributed by atoms with Crippen molar-refractivity contribution in [2.75, 3.05) is 0 Å². The third kappa shape index (κ3) is 9.72. The zero-order valence-electron chi connectivity index (χ0n) is 10.3. The Labute approximate surface area is 111 Å². The zero-order valence-corrected chi connectivity index (χ0v) is 10.3. The highest BCUT2D eigenvalue weighted by Gasteiger charge is 2.38. The molecular formula is C10H13F3N2O5. The van der Waals surface area contributed by atoms with Crippen molar-refractivity contribution in [1.29, 1.82) is 0 Å². The summed E-state index contributed by atoms with van der Waals surface area (Å²) in [5, 5.41) is 17.9.